The summed E-state index contributed by atoms with van der Waals surface area (Å²) in [5.74, 6) is -1.42. The van der Waals surface area contributed by atoms with E-state index in [2.05, 4.69) is 15.9 Å². The molecule has 0 heterocycles. The van der Waals surface area contributed by atoms with Crippen LogP contribution in [0.1, 0.15) is 17.3 Å². The monoisotopic (exact) mass is 258 g/mol. The van der Waals surface area contributed by atoms with E-state index in [0.29, 0.717) is 5.56 Å². The number of ketones is 2. The van der Waals surface area contributed by atoms with Gasteiger partial charge < -0.3 is 0 Å². The second-order valence-electron chi connectivity index (χ2n) is 2.83. The quantitative estimate of drug-likeness (QED) is 0.617. The van der Waals surface area contributed by atoms with E-state index in [1.165, 1.54) is 31.2 Å². The Kier molecular flexibility index (Phi) is 3.52. The van der Waals surface area contributed by atoms with Gasteiger partial charge >= 0.3 is 0 Å². The number of halogens is 2. The first-order chi connectivity index (χ1) is 6.52. The van der Waals surface area contributed by atoms with Gasteiger partial charge in [0.25, 0.3) is 0 Å². The van der Waals surface area contributed by atoms with Crippen LogP contribution in [0, 0.1) is 5.82 Å². The Morgan fingerprint density at radius 1 is 1.29 bits per heavy atom. The summed E-state index contributed by atoms with van der Waals surface area (Å²) in [5.41, 5.74) is 0.576. The van der Waals surface area contributed by atoms with Crippen LogP contribution in [0.2, 0.25) is 0 Å². The minimum absolute atomic E-state index is 0.372. The molecular formula is C10H8BrFO2. The van der Waals surface area contributed by atoms with Crippen molar-refractivity contribution in [2.24, 2.45) is 0 Å². The molecule has 0 amide bonds. The Hall–Kier alpha value is -1.03. The number of hydrogen-bond donors (Lipinski definition) is 0. The number of Topliss-reactive ketones (excluding diaryl/α,β-unsaturated/α-hetero) is 2. The average molecular weight is 259 g/mol. The molecule has 0 fully saturated rings. The summed E-state index contributed by atoms with van der Waals surface area (Å²) in [6, 6.07) is 5.43. The number of hydrogen-bond acceptors (Lipinski definition) is 2. The Labute approximate surface area is 89.2 Å². The molecule has 0 N–H and O–H groups in total. The number of alkyl halides is 1. The van der Waals surface area contributed by atoms with Gasteiger partial charge in [0, 0.05) is 6.92 Å². The summed E-state index contributed by atoms with van der Waals surface area (Å²) in [5, 5.41) is 0. The van der Waals surface area contributed by atoms with E-state index >= 15 is 0 Å². The maximum Gasteiger partial charge on any atom is 0.216 e. The van der Waals surface area contributed by atoms with Gasteiger partial charge in [-0.15, -0.1) is 0 Å². The maximum atomic E-state index is 12.5. The molecule has 0 aliphatic heterocycles. The first kappa shape index (κ1) is 11.0. The highest BCUT2D eigenvalue weighted by Gasteiger charge is 2.20. The lowest BCUT2D eigenvalue weighted by Crippen LogP contribution is -2.15. The van der Waals surface area contributed by atoms with Crippen molar-refractivity contribution in [1.82, 2.24) is 0 Å². The molecule has 0 saturated carbocycles. The third-order valence-electron chi connectivity index (χ3n) is 1.74. The van der Waals surface area contributed by atoms with E-state index in [0.717, 1.165) is 0 Å². The van der Waals surface area contributed by atoms with Gasteiger partial charge in [-0.25, -0.2) is 4.39 Å². The molecule has 1 atom stereocenters. The zero-order valence-electron chi connectivity index (χ0n) is 7.46. The summed E-state index contributed by atoms with van der Waals surface area (Å²) in [7, 11) is 0. The van der Waals surface area contributed by atoms with Gasteiger partial charge in [-0.2, -0.15) is 0 Å². The van der Waals surface area contributed by atoms with Gasteiger partial charge in [0.05, 0.1) is 0 Å². The molecule has 0 radical (unpaired) electrons. The van der Waals surface area contributed by atoms with Crippen LogP contribution >= 0.6 is 15.9 Å². The molecule has 14 heavy (non-hydrogen) atoms. The van der Waals surface area contributed by atoms with E-state index in [4.69, 9.17) is 0 Å². The lowest BCUT2D eigenvalue weighted by molar-refractivity contribution is -0.135. The van der Waals surface area contributed by atoms with Crippen molar-refractivity contribution < 1.29 is 14.0 Å². The molecule has 0 saturated heterocycles. The van der Waals surface area contributed by atoms with E-state index < -0.39 is 16.4 Å². The summed E-state index contributed by atoms with van der Waals surface area (Å²) in [6.45, 7) is 1.21. The standard InChI is InChI=1S/C10H8BrFO2/c1-6(13)10(14)9(11)7-2-4-8(12)5-3-7/h2-5,9H,1H3. The minimum Gasteiger partial charge on any atom is -0.291 e. The van der Waals surface area contributed by atoms with Gasteiger partial charge in [-0.1, -0.05) is 28.1 Å². The van der Waals surface area contributed by atoms with Crippen molar-refractivity contribution in [2.75, 3.05) is 0 Å². The number of benzene rings is 1. The number of rotatable bonds is 3. The topological polar surface area (TPSA) is 34.1 Å². The fourth-order valence-electron chi connectivity index (χ4n) is 0.962. The molecule has 2 nitrogen and oxygen atoms in total. The number of carbonyl (C=O) groups excluding carboxylic acids is 2. The van der Waals surface area contributed by atoms with Gasteiger partial charge in [0.2, 0.25) is 5.78 Å². The molecule has 0 aliphatic carbocycles. The maximum absolute atomic E-state index is 12.5. The van der Waals surface area contributed by atoms with Crippen molar-refractivity contribution in [1.29, 1.82) is 0 Å². The molecule has 1 aromatic rings. The average Bonchev–Trinajstić information content (AvgIpc) is 2.16. The fraction of sp³-hybridized carbons (Fsp3) is 0.200. The highest BCUT2D eigenvalue weighted by atomic mass is 79.9. The van der Waals surface area contributed by atoms with E-state index in [-0.39, 0.29) is 5.82 Å². The van der Waals surface area contributed by atoms with Crippen LogP contribution in [0.5, 0.6) is 0 Å². The summed E-state index contributed by atoms with van der Waals surface area (Å²) in [4.78, 5) is 21.3. The molecule has 4 heteroatoms. The van der Waals surface area contributed by atoms with Gasteiger partial charge in [0.1, 0.15) is 10.6 Å². The van der Waals surface area contributed by atoms with Crippen molar-refractivity contribution in [3.63, 3.8) is 0 Å². The van der Waals surface area contributed by atoms with Crippen molar-refractivity contribution in [3.05, 3.63) is 35.6 Å². The summed E-state index contributed by atoms with van der Waals surface area (Å²) >= 11 is 3.08. The van der Waals surface area contributed by atoms with Crippen LogP contribution in [0.25, 0.3) is 0 Å². The zero-order valence-corrected chi connectivity index (χ0v) is 9.05. The highest BCUT2D eigenvalue weighted by molar-refractivity contribution is 9.09. The molecule has 1 aromatic carbocycles. The van der Waals surface area contributed by atoms with Gasteiger partial charge in [-0.05, 0) is 17.7 Å². The van der Waals surface area contributed by atoms with Crippen LogP contribution < -0.4 is 0 Å². The van der Waals surface area contributed by atoms with Crippen molar-refractivity contribution in [2.45, 2.75) is 11.8 Å². The predicted octanol–water partition coefficient (Wildman–Crippen LogP) is 2.42. The van der Waals surface area contributed by atoms with E-state index in [1.807, 2.05) is 0 Å². The molecule has 0 spiro atoms. The third kappa shape index (κ3) is 2.48. The number of carbonyl (C=O) groups is 2. The molecule has 1 rings (SSSR count). The van der Waals surface area contributed by atoms with E-state index in [9.17, 15) is 14.0 Å². The van der Waals surface area contributed by atoms with Gasteiger partial charge in [0.15, 0.2) is 5.78 Å². The van der Waals surface area contributed by atoms with Crippen molar-refractivity contribution >= 4 is 27.5 Å². The molecule has 0 aromatic heterocycles. The van der Waals surface area contributed by atoms with Crippen LogP contribution in [0.3, 0.4) is 0 Å². The minimum atomic E-state index is -0.680. The third-order valence-corrected chi connectivity index (χ3v) is 2.68. The molecular weight excluding hydrogens is 251 g/mol. The Morgan fingerprint density at radius 2 is 1.79 bits per heavy atom. The normalized spacial score (nSPS) is 12.2. The Bertz CT molecular complexity index is 359. The zero-order chi connectivity index (χ0) is 10.7. The first-order valence-electron chi connectivity index (χ1n) is 3.96. The van der Waals surface area contributed by atoms with Crippen molar-refractivity contribution in [3.8, 4) is 0 Å². The molecule has 0 bridgehead atoms. The van der Waals surface area contributed by atoms with Crippen LogP contribution in [0.15, 0.2) is 24.3 Å². The lowest BCUT2D eigenvalue weighted by atomic mass is 10.1. The van der Waals surface area contributed by atoms with E-state index in [1.54, 1.807) is 0 Å². The second kappa shape index (κ2) is 4.46. The van der Waals surface area contributed by atoms with Gasteiger partial charge in [-0.3, -0.25) is 9.59 Å². The summed E-state index contributed by atoms with van der Waals surface area (Å²) in [6.07, 6.45) is 0. The largest absolute Gasteiger partial charge is 0.291 e. The molecule has 74 valence electrons. The lowest BCUT2D eigenvalue weighted by Gasteiger charge is -2.06. The SMILES string of the molecule is CC(=O)C(=O)C(Br)c1ccc(F)cc1. The smallest absolute Gasteiger partial charge is 0.216 e. The van der Waals surface area contributed by atoms with Crippen LogP contribution in [-0.4, -0.2) is 11.6 Å². The summed E-state index contributed by atoms with van der Waals surface area (Å²) < 4.78 is 12.5. The molecule has 1 unspecified atom stereocenters. The highest BCUT2D eigenvalue weighted by Crippen LogP contribution is 2.23. The fourth-order valence-corrected chi connectivity index (χ4v) is 1.59. The van der Waals surface area contributed by atoms with Crippen LogP contribution in [-0.2, 0) is 9.59 Å². The Morgan fingerprint density at radius 3 is 2.21 bits per heavy atom. The Balaban J connectivity index is 2.89. The molecule has 0 aliphatic rings. The van der Waals surface area contributed by atoms with Crippen LogP contribution in [0.4, 0.5) is 4.39 Å². The second-order valence-corrected chi connectivity index (χ2v) is 3.75. The predicted molar refractivity (Wildman–Crippen MR) is 53.8 cm³/mol. The first-order valence-corrected chi connectivity index (χ1v) is 4.88.